The lowest BCUT2D eigenvalue weighted by Gasteiger charge is -2.06. The lowest BCUT2D eigenvalue weighted by atomic mass is 10.1. The van der Waals surface area contributed by atoms with Crippen molar-refractivity contribution in [3.63, 3.8) is 0 Å². The van der Waals surface area contributed by atoms with E-state index in [1.54, 1.807) is 13.0 Å². The smallest absolute Gasteiger partial charge is 0.355 e. The molecule has 0 aliphatic carbocycles. The number of hydrogen-bond acceptors (Lipinski definition) is 7. The molecule has 9 nitrogen and oxygen atoms in total. The van der Waals surface area contributed by atoms with Gasteiger partial charge in [-0.2, -0.15) is 0 Å². The van der Waals surface area contributed by atoms with E-state index in [1.807, 2.05) is 23.8 Å². The molecule has 0 N–H and O–H groups in total. The number of Topliss-reactive ketones (excluding diaryl/α,β-unsaturated/α-hetero) is 1. The van der Waals surface area contributed by atoms with Gasteiger partial charge in [0.1, 0.15) is 5.69 Å². The Morgan fingerprint density at radius 3 is 2.57 bits per heavy atom. The third-order valence-electron chi connectivity index (χ3n) is 4.27. The van der Waals surface area contributed by atoms with E-state index in [0.29, 0.717) is 11.3 Å². The highest BCUT2D eigenvalue weighted by molar-refractivity contribution is 7.12. The fourth-order valence-corrected chi connectivity index (χ4v) is 3.83. The normalized spacial score (nSPS) is 10.9. The largest absolute Gasteiger partial charge is 0.453 e. The Bertz CT molecular complexity index is 1090. The first-order valence-electron chi connectivity index (χ1n) is 8.31. The molecular formula is C18H18N4O5S. The van der Waals surface area contributed by atoms with E-state index in [9.17, 15) is 19.7 Å². The second-order valence-corrected chi connectivity index (χ2v) is 7.18. The van der Waals surface area contributed by atoms with Gasteiger partial charge in [-0.15, -0.1) is 11.3 Å². The molecule has 0 aliphatic heterocycles. The molecule has 28 heavy (non-hydrogen) atoms. The monoisotopic (exact) mass is 402 g/mol. The summed E-state index contributed by atoms with van der Waals surface area (Å²) in [6.45, 7) is 5.11. The summed E-state index contributed by atoms with van der Waals surface area (Å²) in [6.07, 6.45) is 1.21. The number of ether oxygens (including phenoxy) is 1. The molecule has 10 heteroatoms. The van der Waals surface area contributed by atoms with Gasteiger partial charge in [0, 0.05) is 35.4 Å². The molecule has 3 aromatic heterocycles. The van der Waals surface area contributed by atoms with Crippen molar-refractivity contribution >= 4 is 28.8 Å². The summed E-state index contributed by atoms with van der Waals surface area (Å²) in [4.78, 5) is 39.4. The summed E-state index contributed by atoms with van der Waals surface area (Å²) < 4.78 is 8.25. The van der Waals surface area contributed by atoms with Crippen LogP contribution in [0.1, 0.15) is 37.9 Å². The lowest BCUT2D eigenvalue weighted by molar-refractivity contribution is -0.384. The van der Waals surface area contributed by atoms with Crippen molar-refractivity contribution in [3.05, 3.63) is 62.2 Å². The van der Waals surface area contributed by atoms with Crippen LogP contribution in [0.2, 0.25) is 0 Å². The summed E-state index contributed by atoms with van der Waals surface area (Å²) in [7, 11) is 1.50. The number of thiazole rings is 1. The van der Waals surface area contributed by atoms with E-state index < -0.39 is 17.5 Å². The second kappa shape index (κ2) is 7.39. The highest BCUT2D eigenvalue weighted by Crippen LogP contribution is 2.24. The molecular weight excluding hydrogens is 384 g/mol. The Morgan fingerprint density at radius 1 is 1.29 bits per heavy atom. The van der Waals surface area contributed by atoms with Gasteiger partial charge in [-0.3, -0.25) is 19.5 Å². The molecule has 0 amide bonds. The van der Waals surface area contributed by atoms with Crippen molar-refractivity contribution < 1.29 is 19.2 Å². The molecule has 0 saturated heterocycles. The van der Waals surface area contributed by atoms with Crippen molar-refractivity contribution in [1.29, 1.82) is 0 Å². The molecule has 0 bridgehead atoms. The number of aryl methyl sites for hydroxylation is 3. The first-order chi connectivity index (χ1) is 13.2. The third kappa shape index (κ3) is 3.58. The molecule has 0 atom stereocenters. The number of hydrogen-bond donors (Lipinski definition) is 0. The fourth-order valence-electron chi connectivity index (χ4n) is 2.92. The molecule has 3 aromatic rings. The average molecular weight is 402 g/mol. The predicted molar refractivity (Wildman–Crippen MR) is 102 cm³/mol. The summed E-state index contributed by atoms with van der Waals surface area (Å²) in [5, 5.41) is 13.5. The van der Waals surface area contributed by atoms with Crippen molar-refractivity contribution in [2.45, 2.75) is 20.8 Å². The molecule has 3 rings (SSSR count). The molecule has 0 radical (unpaired) electrons. The minimum atomic E-state index is -0.798. The Hall–Kier alpha value is -3.27. The highest BCUT2D eigenvalue weighted by atomic mass is 32.1. The molecule has 0 unspecified atom stereocenters. The van der Waals surface area contributed by atoms with E-state index in [-0.39, 0.29) is 17.2 Å². The number of carbonyl (C=O) groups is 2. The van der Waals surface area contributed by atoms with Crippen LogP contribution in [-0.4, -0.2) is 37.4 Å². The second-order valence-electron chi connectivity index (χ2n) is 6.34. The number of rotatable bonds is 6. The summed E-state index contributed by atoms with van der Waals surface area (Å²) >= 11 is 1.48. The van der Waals surface area contributed by atoms with Gasteiger partial charge < -0.3 is 9.30 Å². The number of nitrogens with zero attached hydrogens (tertiary/aromatic N) is 4. The number of aromatic nitrogens is 3. The van der Waals surface area contributed by atoms with E-state index in [4.69, 9.17) is 4.74 Å². The fraction of sp³-hybridized carbons (Fsp3) is 0.278. The zero-order valence-electron chi connectivity index (χ0n) is 15.8. The third-order valence-corrected chi connectivity index (χ3v) is 5.22. The minimum absolute atomic E-state index is 0.00299. The number of carbonyl (C=O) groups excluding carboxylic acids is 2. The zero-order valence-corrected chi connectivity index (χ0v) is 16.6. The molecule has 146 valence electrons. The van der Waals surface area contributed by atoms with Crippen LogP contribution in [-0.2, 0) is 11.8 Å². The van der Waals surface area contributed by atoms with Gasteiger partial charge in [-0.05, 0) is 26.8 Å². The van der Waals surface area contributed by atoms with Crippen molar-refractivity contribution in [3.8, 4) is 5.13 Å². The molecule has 0 saturated carbocycles. The SMILES string of the molecule is Cc1csc(-n2c(C)cc(C(=O)COC(=O)c3cc([N+](=O)[O-])cn3C)c2C)n1. The van der Waals surface area contributed by atoms with E-state index in [1.165, 1.54) is 29.1 Å². The summed E-state index contributed by atoms with van der Waals surface area (Å²) in [5.41, 5.74) is 2.68. The molecule has 3 heterocycles. The molecule has 0 aliphatic rings. The summed E-state index contributed by atoms with van der Waals surface area (Å²) in [6, 6.07) is 2.85. The van der Waals surface area contributed by atoms with Crippen LogP contribution in [0.5, 0.6) is 0 Å². The predicted octanol–water partition coefficient (Wildman–Crippen LogP) is 3.15. The Balaban J connectivity index is 1.75. The Labute approximate surface area is 164 Å². The quantitative estimate of drug-likeness (QED) is 0.271. The Kier molecular flexibility index (Phi) is 5.14. The van der Waals surface area contributed by atoms with Gasteiger partial charge >= 0.3 is 5.97 Å². The maximum atomic E-state index is 12.6. The van der Waals surface area contributed by atoms with Gasteiger partial charge in [0.05, 0.1) is 16.8 Å². The van der Waals surface area contributed by atoms with Crippen molar-refractivity contribution in [1.82, 2.24) is 14.1 Å². The van der Waals surface area contributed by atoms with Gasteiger partial charge in [0.2, 0.25) is 5.78 Å². The van der Waals surface area contributed by atoms with Crippen LogP contribution in [0.3, 0.4) is 0 Å². The van der Waals surface area contributed by atoms with Gasteiger partial charge in [-0.25, -0.2) is 9.78 Å². The van der Waals surface area contributed by atoms with E-state index in [0.717, 1.165) is 22.6 Å². The van der Waals surface area contributed by atoms with Crippen LogP contribution in [0.4, 0.5) is 5.69 Å². The lowest BCUT2D eigenvalue weighted by Crippen LogP contribution is -2.16. The minimum Gasteiger partial charge on any atom is -0.453 e. The van der Waals surface area contributed by atoms with Crippen molar-refractivity contribution in [2.75, 3.05) is 6.61 Å². The van der Waals surface area contributed by atoms with Gasteiger partial charge in [0.15, 0.2) is 11.7 Å². The zero-order chi connectivity index (χ0) is 20.6. The first-order valence-corrected chi connectivity index (χ1v) is 9.19. The van der Waals surface area contributed by atoms with E-state index >= 15 is 0 Å². The maximum Gasteiger partial charge on any atom is 0.355 e. The van der Waals surface area contributed by atoms with E-state index in [2.05, 4.69) is 4.98 Å². The standard InChI is InChI=1S/C18H18N4O5S/c1-10-9-28-18(19-10)21-11(2)5-14(12(21)3)16(23)8-27-17(24)15-6-13(22(25)26)7-20(15)4/h5-7,9H,8H2,1-4H3. The van der Waals surface area contributed by atoms with Crippen LogP contribution in [0.15, 0.2) is 23.7 Å². The highest BCUT2D eigenvalue weighted by Gasteiger charge is 2.22. The molecule has 0 aromatic carbocycles. The maximum absolute atomic E-state index is 12.6. The molecule has 0 spiro atoms. The topological polar surface area (TPSA) is 109 Å². The first kappa shape index (κ1) is 19.5. The average Bonchev–Trinajstić information content (AvgIpc) is 3.30. The van der Waals surface area contributed by atoms with Gasteiger partial charge in [0.25, 0.3) is 5.69 Å². The molecule has 0 fully saturated rings. The van der Waals surface area contributed by atoms with Crippen LogP contribution in [0, 0.1) is 30.9 Å². The Morgan fingerprint density at radius 2 is 2.00 bits per heavy atom. The van der Waals surface area contributed by atoms with Gasteiger partial charge in [-0.1, -0.05) is 0 Å². The number of ketones is 1. The summed E-state index contributed by atoms with van der Waals surface area (Å²) in [5.74, 6) is -1.15. The van der Waals surface area contributed by atoms with Crippen LogP contribution >= 0.6 is 11.3 Å². The number of nitro groups is 1. The van der Waals surface area contributed by atoms with Crippen LogP contribution in [0.25, 0.3) is 5.13 Å². The number of esters is 1. The van der Waals surface area contributed by atoms with Crippen LogP contribution < -0.4 is 0 Å². The van der Waals surface area contributed by atoms with Crippen molar-refractivity contribution in [2.24, 2.45) is 7.05 Å².